The summed E-state index contributed by atoms with van der Waals surface area (Å²) in [5.41, 5.74) is 0. The van der Waals surface area contributed by atoms with E-state index >= 15 is 0 Å². The zero-order chi connectivity index (χ0) is 9.68. The minimum atomic E-state index is -0.0783. The van der Waals surface area contributed by atoms with Gasteiger partial charge in [0.1, 0.15) is 0 Å². The molecule has 0 aliphatic heterocycles. The number of carbonyl (C=O) groups excluding carboxylic acids is 1. The SMILES string of the molecule is CC[I-]c1ccc(NC(C)=O)nc1. The van der Waals surface area contributed by atoms with Crippen LogP contribution < -0.4 is 26.5 Å². The zero-order valence-corrected chi connectivity index (χ0v) is 9.83. The summed E-state index contributed by atoms with van der Waals surface area (Å²) in [5, 5.41) is 2.64. The van der Waals surface area contributed by atoms with Crippen LogP contribution in [0.4, 0.5) is 5.82 Å². The van der Waals surface area contributed by atoms with Gasteiger partial charge in [-0.15, -0.1) is 0 Å². The fourth-order valence-electron chi connectivity index (χ4n) is 0.863. The molecule has 1 N–H and O–H groups in total. The van der Waals surface area contributed by atoms with Crippen LogP contribution in [0.25, 0.3) is 0 Å². The van der Waals surface area contributed by atoms with E-state index in [9.17, 15) is 4.79 Å². The van der Waals surface area contributed by atoms with Crippen LogP contribution in [0, 0.1) is 3.57 Å². The minimum absolute atomic E-state index is 0.0783. The molecule has 72 valence electrons. The van der Waals surface area contributed by atoms with Crippen molar-refractivity contribution in [2.45, 2.75) is 13.8 Å². The normalized spacial score (nSPS) is 10.0. The number of carbonyl (C=O) groups is 1. The molecular weight excluding hydrogens is 279 g/mol. The molecule has 3 nitrogen and oxygen atoms in total. The molecular formula is C9H12IN2O-. The molecule has 0 aromatic carbocycles. The van der Waals surface area contributed by atoms with Gasteiger partial charge in [-0.05, 0) is 0 Å². The molecule has 0 atom stereocenters. The predicted molar refractivity (Wildman–Crippen MR) is 47.8 cm³/mol. The summed E-state index contributed by atoms with van der Waals surface area (Å²) in [4.78, 5) is 14.8. The summed E-state index contributed by atoms with van der Waals surface area (Å²) >= 11 is 0.121. The van der Waals surface area contributed by atoms with E-state index in [0.717, 1.165) is 0 Å². The van der Waals surface area contributed by atoms with E-state index < -0.39 is 0 Å². The van der Waals surface area contributed by atoms with Crippen LogP contribution in [0.2, 0.25) is 0 Å². The van der Waals surface area contributed by atoms with Gasteiger partial charge in [-0.25, -0.2) is 0 Å². The van der Waals surface area contributed by atoms with E-state index in [1.54, 1.807) is 0 Å². The van der Waals surface area contributed by atoms with Crippen molar-refractivity contribution < 1.29 is 26.0 Å². The third kappa shape index (κ3) is 3.71. The van der Waals surface area contributed by atoms with Gasteiger partial charge < -0.3 is 0 Å². The summed E-state index contributed by atoms with van der Waals surface area (Å²) in [5.74, 6) is 0.557. The van der Waals surface area contributed by atoms with E-state index in [4.69, 9.17) is 0 Å². The Kier molecular flexibility index (Phi) is 4.14. The van der Waals surface area contributed by atoms with Crippen LogP contribution in [0.3, 0.4) is 0 Å². The molecule has 4 heteroatoms. The van der Waals surface area contributed by atoms with Gasteiger partial charge in [-0.1, -0.05) is 0 Å². The average molecular weight is 291 g/mol. The van der Waals surface area contributed by atoms with Gasteiger partial charge in [-0.2, -0.15) is 0 Å². The second-order valence-electron chi connectivity index (χ2n) is 2.44. The van der Waals surface area contributed by atoms with Crippen molar-refractivity contribution in [3.05, 3.63) is 21.9 Å². The summed E-state index contributed by atoms with van der Waals surface area (Å²) < 4.78 is 2.54. The Labute approximate surface area is 88.2 Å². The predicted octanol–water partition coefficient (Wildman–Crippen LogP) is -1.68. The number of hydrogen-bond acceptors (Lipinski definition) is 2. The van der Waals surface area contributed by atoms with Crippen molar-refractivity contribution in [1.82, 2.24) is 4.98 Å². The maximum absolute atomic E-state index is 10.7. The average Bonchev–Trinajstić information content (AvgIpc) is 2.08. The Morgan fingerprint density at radius 1 is 1.62 bits per heavy atom. The first-order chi connectivity index (χ1) is 6.22. The number of nitrogens with one attached hydrogen (secondary N) is 1. The van der Waals surface area contributed by atoms with Gasteiger partial charge in [0.05, 0.1) is 0 Å². The number of halogens is 1. The molecule has 0 radical (unpaired) electrons. The van der Waals surface area contributed by atoms with Gasteiger partial charge >= 0.3 is 88.2 Å². The fourth-order valence-corrected chi connectivity index (χ4v) is 2.51. The molecule has 0 aliphatic carbocycles. The number of alkyl halides is 1. The Balaban J connectivity index is 2.64. The van der Waals surface area contributed by atoms with Gasteiger partial charge in [0.25, 0.3) is 0 Å². The molecule has 0 saturated carbocycles. The molecule has 1 aromatic heterocycles. The first kappa shape index (κ1) is 10.4. The summed E-state index contributed by atoms with van der Waals surface area (Å²) in [7, 11) is 0. The number of aromatic nitrogens is 1. The monoisotopic (exact) mass is 291 g/mol. The summed E-state index contributed by atoms with van der Waals surface area (Å²) in [6, 6.07) is 3.89. The summed E-state index contributed by atoms with van der Waals surface area (Å²) in [6.45, 7) is 3.66. The molecule has 0 saturated heterocycles. The number of anilines is 1. The number of amides is 1. The molecule has 13 heavy (non-hydrogen) atoms. The molecule has 1 amide bonds. The standard InChI is InChI=1S/C9H12IN2O/c1-3-10-8-4-5-9(11-6-8)12-7(2)13/h4-6H,3H2,1-2H3,(H,11,12,13)/q-1. The summed E-state index contributed by atoms with van der Waals surface area (Å²) in [6.07, 6.45) is 1.85. The second-order valence-corrected chi connectivity index (χ2v) is 5.98. The molecule has 0 unspecified atom stereocenters. The number of pyridine rings is 1. The van der Waals surface area contributed by atoms with Gasteiger partial charge in [0, 0.05) is 0 Å². The number of nitrogens with zero attached hydrogens (tertiary/aromatic N) is 1. The van der Waals surface area contributed by atoms with E-state index in [0.29, 0.717) is 5.82 Å². The van der Waals surface area contributed by atoms with Crippen molar-refractivity contribution in [2.75, 3.05) is 9.74 Å². The zero-order valence-electron chi connectivity index (χ0n) is 7.67. The second kappa shape index (κ2) is 5.16. The third-order valence-corrected chi connectivity index (χ3v) is 3.60. The van der Waals surface area contributed by atoms with Crippen LogP contribution >= 0.6 is 0 Å². The van der Waals surface area contributed by atoms with Gasteiger partial charge in [-0.3, -0.25) is 0 Å². The fraction of sp³-hybridized carbons (Fsp3) is 0.333. The van der Waals surface area contributed by atoms with Crippen LogP contribution in [0.5, 0.6) is 0 Å². The van der Waals surface area contributed by atoms with E-state index in [2.05, 4.69) is 17.2 Å². The molecule has 0 spiro atoms. The van der Waals surface area contributed by atoms with Crippen LogP contribution in [0.15, 0.2) is 18.3 Å². The van der Waals surface area contributed by atoms with Crippen LogP contribution in [-0.4, -0.2) is 15.3 Å². The molecule has 1 heterocycles. The quantitative estimate of drug-likeness (QED) is 0.534. The van der Waals surface area contributed by atoms with Crippen molar-refractivity contribution in [1.29, 1.82) is 0 Å². The van der Waals surface area contributed by atoms with E-state index in [-0.39, 0.29) is 27.1 Å². The molecule has 0 bridgehead atoms. The van der Waals surface area contributed by atoms with Crippen molar-refractivity contribution in [2.24, 2.45) is 0 Å². The van der Waals surface area contributed by atoms with Gasteiger partial charge in [0.15, 0.2) is 0 Å². The Morgan fingerprint density at radius 3 is 2.85 bits per heavy atom. The molecule has 0 fully saturated rings. The van der Waals surface area contributed by atoms with Crippen molar-refractivity contribution >= 4 is 11.7 Å². The molecule has 1 rings (SSSR count). The van der Waals surface area contributed by atoms with E-state index in [1.807, 2.05) is 18.3 Å². The van der Waals surface area contributed by atoms with Gasteiger partial charge in [0.2, 0.25) is 0 Å². The molecule has 0 aliphatic rings. The van der Waals surface area contributed by atoms with Crippen molar-refractivity contribution in [3.8, 4) is 0 Å². The number of hydrogen-bond donors (Lipinski definition) is 1. The number of rotatable bonds is 3. The maximum atomic E-state index is 10.7. The van der Waals surface area contributed by atoms with Crippen molar-refractivity contribution in [3.63, 3.8) is 0 Å². The van der Waals surface area contributed by atoms with Crippen LogP contribution in [0.1, 0.15) is 13.8 Å². The topological polar surface area (TPSA) is 42.0 Å². The Morgan fingerprint density at radius 2 is 2.38 bits per heavy atom. The molecule has 1 aromatic rings. The van der Waals surface area contributed by atoms with Crippen LogP contribution in [-0.2, 0) is 4.79 Å². The first-order valence-electron chi connectivity index (χ1n) is 4.05. The Hall–Kier alpha value is -0.650. The van der Waals surface area contributed by atoms with E-state index in [1.165, 1.54) is 14.9 Å². The Bertz CT molecular complexity index is 284. The first-order valence-corrected chi connectivity index (χ1v) is 6.65. The third-order valence-electron chi connectivity index (χ3n) is 1.32.